The normalized spacial score (nSPS) is 13.6. The van der Waals surface area contributed by atoms with Crippen LogP contribution >= 0.6 is 7.80 Å². The molecular formula is C7H16OP. The van der Waals surface area contributed by atoms with Gasteiger partial charge in [-0.05, 0) is 6.42 Å². The molecule has 55 valence electrons. The summed E-state index contributed by atoms with van der Waals surface area (Å²) in [5, 5.41) is 0.0192. The van der Waals surface area contributed by atoms with E-state index in [1.165, 1.54) is 0 Å². The van der Waals surface area contributed by atoms with Crippen LogP contribution in [-0.2, 0) is 4.57 Å². The van der Waals surface area contributed by atoms with Crippen LogP contribution in [0.3, 0.4) is 0 Å². The highest BCUT2D eigenvalue weighted by Crippen LogP contribution is 2.38. The van der Waals surface area contributed by atoms with Crippen LogP contribution in [0.25, 0.3) is 0 Å². The summed E-state index contributed by atoms with van der Waals surface area (Å²) >= 11 is 0. The molecule has 0 aliphatic rings. The molecule has 1 unspecified atom stereocenters. The topological polar surface area (TPSA) is 17.1 Å². The molecule has 1 radical (unpaired) electrons. The highest BCUT2D eigenvalue weighted by atomic mass is 31.1. The Balaban J connectivity index is 3.74. The van der Waals surface area contributed by atoms with Gasteiger partial charge in [-0.2, -0.15) is 0 Å². The molecule has 9 heavy (non-hydrogen) atoms. The van der Waals surface area contributed by atoms with Crippen LogP contribution in [0.2, 0.25) is 0 Å². The van der Waals surface area contributed by atoms with E-state index in [0.29, 0.717) is 0 Å². The highest BCUT2D eigenvalue weighted by Gasteiger charge is 2.18. The first-order valence-corrected chi connectivity index (χ1v) is 4.87. The molecule has 0 amide bonds. The Morgan fingerprint density at radius 1 is 1.33 bits per heavy atom. The zero-order valence-corrected chi connectivity index (χ0v) is 7.66. The minimum absolute atomic E-state index is 0.0192. The van der Waals surface area contributed by atoms with Gasteiger partial charge in [-0.3, -0.25) is 4.57 Å². The minimum Gasteiger partial charge on any atom is -0.287 e. The van der Waals surface area contributed by atoms with Crippen molar-refractivity contribution in [1.29, 1.82) is 0 Å². The Morgan fingerprint density at radius 3 is 1.89 bits per heavy atom. The predicted octanol–water partition coefficient (Wildman–Crippen LogP) is 3.02. The van der Waals surface area contributed by atoms with Gasteiger partial charge in [0, 0.05) is 11.3 Å². The number of hydrogen-bond acceptors (Lipinski definition) is 1. The first-order valence-electron chi connectivity index (χ1n) is 3.43. The van der Waals surface area contributed by atoms with Gasteiger partial charge in [0.15, 0.2) is 0 Å². The van der Waals surface area contributed by atoms with Crippen LogP contribution in [0.5, 0.6) is 0 Å². The van der Waals surface area contributed by atoms with Crippen molar-refractivity contribution in [2.24, 2.45) is 0 Å². The minimum atomic E-state index is -0.972. The van der Waals surface area contributed by atoms with Crippen LogP contribution < -0.4 is 0 Å². The fraction of sp³-hybridized carbons (Fsp3) is 1.00. The molecule has 1 nitrogen and oxygen atoms in total. The molecule has 0 fully saturated rings. The monoisotopic (exact) mass is 147 g/mol. The van der Waals surface area contributed by atoms with Gasteiger partial charge in [-0.15, -0.1) is 0 Å². The lowest BCUT2D eigenvalue weighted by molar-refractivity contribution is 0.564. The highest BCUT2D eigenvalue weighted by molar-refractivity contribution is 7.46. The molecule has 0 aromatic carbocycles. The smallest absolute Gasteiger partial charge is 0.0773 e. The number of rotatable bonds is 2. The van der Waals surface area contributed by atoms with E-state index in [9.17, 15) is 4.57 Å². The Bertz CT molecular complexity index is 102. The molecule has 0 spiro atoms. The summed E-state index contributed by atoms with van der Waals surface area (Å²) in [4.78, 5) is 0. The molecule has 0 aliphatic carbocycles. The van der Waals surface area contributed by atoms with Crippen molar-refractivity contribution in [3.63, 3.8) is 0 Å². The van der Waals surface area contributed by atoms with Crippen molar-refractivity contribution < 1.29 is 4.57 Å². The molecule has 0 aromatic heterocycles. The lowest BCUT2D eigenvalue weighted by Gasteiger charge is -2.15. The first kappa shape index (κ1) is 9.10. The third-order valence-electron chi connectivity index (χ3n) is 1.17. The summed E-state index contributed by atoms with van der Waals surface area (Å²) in [7, 11) is -0.972. The van der Waals surface area contributed by atoms with Crippen molar-refractivity contribution >= 4 is 7.80 Å². The van der Waals surface area contributed by atoms with Crippen molar-refractivity contribution in [2.75, 3.05) is 6.16 Å². The quantitative estimate of drug-likeness (QED) is 0.548. The molecule has 0 saturated carbocycles. The third-order valence-corrected chi connectivity index (χ3v) is 3.52. The molecule has 0 saturated heterocycles. The van der Waals surface area contributed by atoms with Gasteiger partial charge in [0.2, 0.25) is 0 Å². The van der Waals surface area contributed by atoms with Crippen LogP contribution in [0.15, 0.2) is 0 Å². The SMILES string of the molecule is CCC[P](=O)C(C)(C)C. The van der Waals surface area contributed by atoms with E-state index in [1.54, 1.807) is 0 Å². The van der Waals surface area contributed by atoms with E-state index in [0.717, 1.165) is 12.6 Å². The van der Waals surface area contributed by atoms with Gasteiger partial charge in [0.25, 0.3) is 0 Å². The van der Waals surface area contributed by atoms with Gasteiger partial charge in [0.1, 0.15) is 0 Å². The molecule has 0 aromatic rings. The van der Waals surface area contributed by atoms with Gasteiger partial charge in [-0.25, -0.2) is 0 Å². The summed E-state index contributed by atoms with van der Waals surface area (Å²) in [6.07, 6.45) is 1.91. The fourth-order valence-corrected chi connectivity index (χ4v) is 1.62. The largest absolute Gasteiger partial charge is 0.287 e. The average Bonchev–Trinajstić information content (AvgIpc) is 1.64. The molecule has 1 atom stereocenters. The van der Waals surface area contributed by atoms with Crippen LogP contribution in [-0.4, -0.2) is 11.3 Å². The van der Waals surface area contributed by atoms with Gasteiger partial charge in [0.05, 0.1) is 7.80 Å². The Hall–Kier alpha value is 0.100. The summed E-state index contributed by atoms with van der Waals surface area (Å²) in [5.41, 5.74) is 0. The van der Waals surface area contributed by atoms with Crippen LogP contribution in [0, 0.1) is 0 Å². The molecule has 0 N–H and O–H groups in total. The van der Waals surface area contributed by atoms with Gasteiger partial charge < -0.3 is 0 Å². The van der Waals surface area contributed by atoms with Crippen molar-refractivity contribution in [2.45, 2.75) is 39.3 Å². The van der Waals surface area contributed by atoms with Crippen LogP contribution in [0.1, 0.15) is 34.1 Å². The molecule has 0 heterocycles. The fourth-order valence-electron chi connectivity index (χ4n) is 0.539. The predicted molar refractivity (Wildman–Crippen MR) is 42.5 cm³/mol. The van der Waals surface area contributed by atoms with Crippen molar-refractivity contribution in [3.8, 4) is 0 Å². The van der Waals surface area contributed by atoms with Crippen molar-refractivity contribution in [1.82, 2.24) is 0 Å². The Labute approximate surface area is 58.6 Å². The molecular weight excluding hydrogens is 131 g/mol. The zero-order chi connectivity index (χ0) is 7.49. The molecule has 0 aliphatic heterocycles. The lowest BCUT2D eigenvalue weighted by atomic mass is 10.3. The Morgan fingerprint density at radius 2 is 1.78 bits per heavy atom. The van der Waals surface area contributed by atoms with Gasteiger partial charge in [-0.1, -0.05) is 27.7 Å². The van der Waals surface area contributed by atoms with E-state index in [1.807, 2.05) is 20.8 Å². The summed E-state index contributed by atoms with van der Waals surface area (Å²) in [6.45, 7) is 8.16. The zero-order valence-electron chi connectivity index (χ0n) is 6.77. The number of hydrogen-bond donors (Lipinski definition) is 0. The van der Waals surface area contributed by atoms with E-state index >= 15 is 0 Å². The summed E-state index contributed by atoms with van der Waals surface area (Å²) in [5.74, 6) is 0. The van der Waals surface area contributed by atoms with Gasteiger partial charge >= 0.3 is 0 Å². The second-order valence-corrected chi connectivity index (χ2v) is 5.82. The second kappa shape index (κ2) is 3.31. The summed E-state index contributed by atoms with van der Waals surface area (Å²) in [6, 6.07) is 0. The standard InChI is InChI=1S/C7H16OP/c1-5-6-9(8)7(2,3)4/h5-6H2,1-4H3. The van der Waals surface area contributed by atoms with E-state index < -0.39 is 7.80 Å². The van der Waals surface area contributed by atoms with Crippen LogP contribution in [0.4, 0.5) is 0 Å². The molecule has 0 rings (SSSR count). The van der Waals surface area contributed by atoms with E-state index in [2.05, 4.69) is 6.92 Å². The third kappa shape index (κ3) is 3.64. The maximum atomic E-state index is 11.2. The van der Waals surface area contributed by atoms with E-state index in [4.69, 9.17) is 0 Å². The maximum Gasteiger partial charge on any atom is 0.0773 e. The average molecular weight is 147 g/mol. The van der Waals surface area contributed by atoms with Crippen molar-refractivity contribution in [3.05, 3.63) is 0 Å². The Kier molecular flexibility index (Phi) is 3.35. The molecule has 2 heteroatoms. The summed E-state index contributed by atoms with van der Waals surface area (Å²) < 4.78 is 11.2. The van der Waals surface area contributed by atoms with E-state index in [-0.39, 0.29) is 5.16 Å². The maximum absolute atomic E-state index is 11.2. The second-order valence-electron chi connectivity index (χ2n) is 3.27. The molecule has 0 bridgehead atoms. The lowest BCUT2D eigenvalue weighted by Crippen LogP contribution is -2.08. The first-order chi connectivity index (χ1) is 3.98.